The first-order chi connectivity index (χ1) is 12.1. The predicted molar refractivity (Wildman–Crippen MR) is 94.2 cm³/mol. The van der Waals surface area contributed by atoms with E-state index in [0.717, 1.165) is 56.0 Å². The van der Waals surface area contributed by atoms with Crippen LogP contribution in [0.1, 0.15) is 54.0 Å². The summed E-state index contributed by atoms with van der Waals surface area (Å²) < 4.78 is 5.08. The lowest BCUT2D eigenvalue weighted by molar-refractivity contribution is 0.0755. The number of carbonyl (C=O) groups is 1. The van der Waals surface area contributed by atoms with Crippen LogP contribution < -0.4 is 0 Å². The number of hydrogen-bond donors (Lipinski definition) is 1. The third kappa shape index (κ3) is 4.10. The zero-order chi connectivity index (χ0) is 17.8. The van der Waals surface area contributed by atoms with Crippen LogP contribution >= 0.6 is 0 Å². The largest absolute Gasteiger partial charge is 0.365 e. The highest BCUT2D eigenvalue weighted by molar-refractivity contribution is 5.95. The van der Waals surface area contributed by atoms with Crippen molar-refractivity contribution in [3.63, 3.8) is 0 Å². The van der Waals surface area contributed by atoms with Crippen LogP contribution in [-0.2, 0) is 6.54 Å². The Morgan fingerprint density at radius 2 is 2.24 bits per heavy atom. The molecule has 25 heavy (non-hydrogen) atoms. The number of likely N-dealkylation sites (tertiary alicyclic amines) is 1. The van der Waals surface area contributed by atoms with Crippen LogP contribution in [0.4, 0.5) is 0 Å². The Balaban J connectivity index is 1.62. The monoisotopic (exact) mass is 345 g/mol. The van der Waals surface area contributed by atoms with Crippen molar-refractivity contribution in [3.05, 3.63) is 35.2 Å². The van der Waals surface area contributed by atoms with E-state index in [1.807, 2.05) is 31.0 Å². The molecule has 1 aliphatic heterocycles. The molecule has 2 aromatic heterocycles. The average molecular weight is 345 g/mol. The van der Waals surface area contributed by atoms with E-state index < -0.39 is 0 Å². The Hall–Kier alpha value is -2.15. The van der Waals surface area contributed by atoms with Crippen LogP contribution in [0.3, 0.4) is 0 Å². The first-order valence-corrected chi connectivity index (χ1v) is 9.05. The summed E-state index contributed by atoms with van der Waals surface area (Å²) in [6.07, 6.45) is 4.90. The van der Waals surface area contributed by atoms with Gasteiger partial charge in [0.05, 0.1) is 12.1 Å². The van der Waals surface area contributed by atoms with E-state index in [0.29, 0.717) is 18.5 Å². The number of nitrogens with zero attached hydrogens (tertiary/aromatic N) is 4. The van der Waals surface area contributed by atoms with Crippen molar-refractivity contribution in [1.29, 1.82) is 0 Å². The molecule has 0 aliphatic carbocycles. The molecule has 3 heterocycles. The molecule has 1 N–H and O–H groups in total. The van der Waals surface area contributed by atoms with Crippen LogP contribution in [-0.4, -0.2) is 56.5 Å². The number of aryl methyl sites for hydroxylation is 2. The predicted octanol–water partition coefficient (Wildman–Crippen LogP) is 2.53. The Morgan fingerprint density at radius 1 is 1.40 bits per heavy atom. The number of carbonyl (C=O) groups excluding carboxylic acids is 1. The molecule has 0 spiro atoms. The number of rotatable bonds is 5. The molecule has 136 valence electrons. The number of hydrogen-bond acceptors (Lipinski definition) is 5. The summed E-state index contributed by atoms with van der Waals surface area (Å²) in [6.45, 7) is 9.15. The molecule has 0 saturated carbocycles. The molecular formula is C18H27N5O2. The molecule has 0 bridgehead atoms. The van der Waals surface area contributed by atoms with Gasteiger partial charge in [0.2, 0.25) is 5.89 Å². The van der Waals surface area contributed by atoms with E-state index in [4.69, 9.17) is 4.52 Å². The Morgan fingerprint density at radius 3 is 2.88 bits per heavy atom. The first kappa shape index (κ1) is 17.7. The molecule has 7 heteroatoms. The highest BCUT2D eigenvalue weighted by Crippen LogP contribution is 2.20. The van der Waals surface area contributed by atoms with Gasteiger partial charge in [-0.2, -0.15) is 4.98 Å². The van der Waals surface area contributed by atoms with Crippen molar-refractivity contribution in [1.82, 2.24) is 24.9 Å². The van der Waals surface area contributed by atoms with E-state index in [-0.39, 0.29) is 5.91 Å². The van der Waals surface area contributed by atoms with Gasteiger partial charge in [0.15, 0.2) is 5.82 Å². The van der Waals surface area contributed by atoms with E-state index in [1.165, 1.54) is 0 Å². The van der Waals surface area contributed by atoms with E-state index in [2.05, 4.69) is 26.9 Å². The van der Waals surface area contributed by atoms with Gasteiger partial charge < -0.3 is 14.4 Å². The molecule has 1 aliphatic rings. The fraction of sp³-hybridized carbons (Fsp3) is 0.611. The third-order valence-electron chi connectivity index (χ3n) is 5.01. The first-order valence-electron chi connectivity index (χ1n) is 9.05. The van der Waals surface area contributed by atoms with Gasteiger partial charge in [0.1, 0.15) is 0 Å². The molecule has 0 aromatic carbocycles. The van der Waals surface area contributed by atoms with Gasteiger partial charge in [-0.1, -0.05) is 12.1 Å². The minimum atomic E-state index is 0.135. The van der Waals surface area contributed by atoms with Gasteiger partial charge in [0, 0.05) is 37.9 Å². The van der Waals surface area contributed by atoms with E-state index in [9.17, 15) is 4.79 Å². The normalized spacial score (nSPS) is 18.6. The van der Waals surface area contributed by atoms with E-state index >= 15 is 0 Å². The zero-order valence-corrected chi connectivity index (χ0v) is 15.3. The third-order valence-corrected chi connectivity index (χ3v) is 5.01. The van der Waals surface area contributed by atoms with Crippen LogP contribution in [0.2, 0.25) is 0 Å². The summed E-state index contributed by atoms with van der Waals surface area (Å²) in [7, 11) is 0. The van der Waals surface area contributed by atoms with Crippen LogP contribution in [0.15, 0.2) is 16.8 Å². The van der Waals surface area contributed by atoms with E-state index in [1.54, 1.807) is 0 Å². The number of nitrogens with one attached hydrogen (secondary N) is 1. The Kier molecular flexibility index (Phi) is 5.53. The van der Waals surface area contributed by atoms with Crippen molar-refractivity contribution in [3.8, 4) is 0 Å². The van der Waals surface area contributed by atoms with Crippen molar-refractivity contribution >= 4 is 5.91 Å². The second-order valence-electron chi connectivity index (χ2n) is 6.69. The van der Waals surface area contributed by atoms with Crippen molar-refractivity contribution in [2.24, 2.45) is 0 Å². The average Bonchev–Trinajstić information content (AvgIpc) is 3.12. The maximum Gasteiger partial charge on any atom is 0.255 e. The van der Waals surface area contributed by atoms with Crippen molar-refractivity contribution < 1.29 is 9.32 Å². The Labute approximate surface area is 148 Å². The summed E-state index contributed by atoms with van der Waals surface area (Å²) in [5.74, 6) is 1.47. The lowest BCUT2D eigenvalue weighted by atomic mass is 10.1. The number of aromatic nitrogens is 3. The molecule has 2 aromatic rings. The van der Waals surface area contributed by atoms with Gasteiger partial charge >= 0.3 is 0 Å². The number of aromatic amines is 1. The molecule has 7 nitrogen and oxygen atoms in total. The number of amides is 1. The highest BCUT2D eigenvalue weighted by atomic mass is 16.5. The van der Waals surface area contributed by atoms with Crippen LogP contribution in [0, 0.1) is 13.8 Å². The lowest BCUT2D eigenvalue weighted by Gasteiger charge is -2.28. The minimum Gasteiger partial charge on any atom is -0.365 e. The Bertz CT molecular complexity index is 708. The molecular weight excluding hydrogens is 318 g/mol. The standard InChI is InChI=1S/C18H27N5O2/c1-4-22(12-17-20-14(3)25-21-17)15-6-5-10-23(11-8-15)18(24)16-7-9-19-13(16)2/h7,9,15,19H,4-6,8,10-12H2,1-3H3/t15-/m1/s1. The summed E-state index contributed by atoms with van der Waals surface area (Å²) in [5, 5.41) is 4.01. The summed E-state index contributed by atoms with van der Waals surface area (Å²) in [4.78, 5) is 24.5. The van der Waals surface area contributed by atoms with Gasteiger partial charge in [0.25, 0.3) is 5.91 Å². The molecule has 3 rings (SSSR count). The molecule has 1 fully saturated rings. The second-order valence-corrected chi connectivity index (χ2v) is 6.69. The summed E-state index contributed by atoms with van der Waals surface area (Å²) >= 11 is 0. The SMILES string of the molecule is CCN(Cc1noc(C)n1)[C@@H]1CCCN(C(=O)c2cc[nH]c2C)CC1. The smallest absolute Gasteiger partial charge is 0.255 e. The van der Waals surface area contributed by atoms with Crippen LogP contribution in [0.25, 0.3) is 0 Å². The van der Waals surface area contributed by atoms with Gasteiger partial charge in [-0.05, 0) is 38.8 Å². The molecule has 0 radical (unpaired) electrons. The molecule has 0 unspecified atom stereocenters. The van der Waals surface area contributed by atoms with Gasteiger partial charge in [-0.15, -0.1) is 0 Å². The summed E-state index contributed by atoms with van der Waals surface area (Å²) in [6, 6.07) is 2.31. The fourth-order valence-corrected chi connectivity index (χ4v) is 3.59. The maximum absolute atomic E-state index is 12.7. The lowest BCUT2D eigenvalue weighted by Crippen LogP contribution is -2.37. The molecule has 1 amide bonds. The topological polar surface area (TPSA) is 78.3 Å². The van der Waals surface area contributed by atoms with Gasteiger partial charge in [-0.25, -0.2) is 0 Å². The highest BCUT2D eigenvalue weighted by Gasteiger charge is 2.26. The zero-order valence-electron chi connectivity index (χ0n) is 15.3. The molecule has 1 atom stereocenters. The molecule has 1 saturated heterocycles. The van der Waals surface area contributed by atoms with Crippen molar-refractivity contribution in [2.45, 2.75) is 52.6 Å². The van der Waals surface area contributed by atoms with Crippen molar-refractivity contribution in [2.75, 3.05) is 19.6 Å². The second kappa shape index (κ2) is 7.82. The fourth-order valence-electron chi connectivity index (χ4n) is 3.59. The van der Waals surface area contributed by atoms with Gasteiger partial charge in [-0.3, -0.25) is 9.69 Å². The summed E-state index contributed by atoms with van der Waals surface area (Å²) in [5.41, 5.74) is 1.72. The minimum absolute atomic E-state index is 0.135. The number of H-pyrrole nitrogens is 1. The van der Waals surface area contributed by atoms with Crippen LogP contribution in [0.5, 0.6) is 0 Å². The maximum atomic E-state index is 12.7. The quantitative estimate of drug-likeness (QED) is 0.901.